The molecule has 30 heavy (non-hydrogen) atoms. The highest BCUT2D eigenvalue weighted by atomic mass is 19.1. The van der Waals surface area contributed by atoms with Crippen molar-refractivity contribution in [2.75, 3.05) is 6.61 Å². The third-order valence-corrected chi connectivity index (χ3v) is 4.15. The molecule has 10 heteroatoms. The summed E-state index contributed by atoms with van der Waals surface area (Å²) < 4.78 is 18.0. The van der Waals surface area contributed by atoms with E-state index in [2.05, 4.69) is 20.6 Å². The number of rotatable bonds is 8. The van der Waals surface area contributed by atoms with Gasteiger partial charge in [0.05, 0.1) is 12.1 Å². The summed E-state index contributed by atoms with van der Waals surface area (Å²) in [5.41, 5.74) is -1.05. The van der Waals surface area contributed by atoms with Crippen molar-refractivity contribution in [3.05, 3.63) is 47.2 Å². The first-order chi connectivity index (χ1) is 14.1. The van der Waals surface area contributed by atoms with Gasteiger partial charge in [0.25, 0.3) is 11.8 Å². The molecule has 2 aromatic rings. The molecule has 1 heterocycles. The zero-order chi connectivity index (χ0) is 22.3. The van der Waals surface area contributed by atoms with Gasteiger partial charge in [-0.1, -0.05) is 25.5 Å². The maximum Gasteiger partial charge on any atom is 0.407 e. The van der Waals surface area contributed by atoms with Crippen molar-refractivity contribution in [3.8, 4) is 11.6 Å². The van der Waals surface area contributed by atoms with Crippen LogP contribution < -0.4 is 10.6 Å². The number of unbranched alkanes of at least 4 members (excludes halogenated alkanes) is 1. The molecule has 0 saturated carbocycles. The lowest BCUT2D eigenvalue weighted by Gasteiger charge is -2.24. The van der Waals surface area contributed by atoms with E-state index in [4.69, 9.17) is 4.74 Å². The number of halogens is 1. The Morgan fingerprint density at radius 2 is 1.83 bits per heavy atom. The summed E-state index contributed by atoms with van der Waals surface area (Å²) in [5, 5.41) is 25.1. The van der Waals surface area contributed by atoms with E-state index in [9.17, 15) is 24.2 Å². The van der Waals surface area contributed by atoms with E-state index in [1.807, 2.05) is 6.92 Å². The molecule has 0 aliphatic heterocycles. The highest BCUT2D eigenvalue weighted by molar-refractivity contribution is 5.95. The summed E-state index contributed by atoms with van der Waals surface area (Å²) in [7, 11) is 0. The highest BCUT2D eigenvalue weighted by Crippen LogP contribution is 2.28. The van der Waals surface area contributed by atoms with Gasteiger partial charge < -0.3 is 25.6 Å². The maximum absolute atomic E-state index is 13.0. The zero-order valence-corrected chi connectivity index (χ0v) is 17.0. The van der Waals surface area contributed by atoms with Gasteiger partial charge in [0, 0.05) is 6.54 Å². The first kappa shape index (κ1) is 22.9. The van der Waals surface area contributed by atoms with E-state index in [0.717, 1.165) is 6.42 Å². The summed E-state index contributed by atoms with van der Waals surface area (Å²) in [5.74, 6) is -2.89. The van der Waals surface area contributed by atoms with Crippen LogP contribution in [0.1, 0.15) is 55.5 Å². The number of nitrogens with zero attached hydrogens (tertiary/aromatic N) is 2. The van der Waals surface area contributed by atoms with Gasteiger partial charge in [-0.2, -0.15) is 4.98 Å². The molecule has 1 aromatic carbocycles. The van der Waals surface area contributed by atoms with Crippen LogP contribution in [-0.2, 0) is 16.8 Å². The number of aromatic hydroxyl groups is 2. The fraction of sp³-hybridized carbons (Fsp3) is 0.400. The lowest BCUT2D eigenvalue weighted by Crippen LogP contribution is -2.43. The van der Waals surface area contributed by atoms with Crippen LogP contribution in [-0.4, -0.2) is 38.8 Å². The monoisotopic (exact) mass is 420 g/mol. The quantitative estimate of drug-likeness (QED) is 0.483. The number of hydrogen-bond donors (Lipinski definition) is 4. The van der Waals surface area contributed by atoms with Crippen LogP contribution in [0.4, 0.5) is 9.18 Å². The first-order valence-electron chi connectivity index (χ1n) is 9.42. The molecule has 2 rings (SSSR count). The van der Waals surface area contributed by atoms with Crippen LogP contribution in [0, 0.1) is 5.82 Å². The van der Waals surface area contributed by atoms with E-state index in [1.54, 1.807) is 13.8 Å². The van der Waals surface area contributed by atoms with Crippen LogP contribution in [0.25, 0.3) is 0 Å². The van der Waals surface area contributed by atoms with E-state index in [0.29, 0.717) is 12.0 Å². The standard InChI is InChI=1S/C20H25FN4O5/c1-4-5-10-30-19(29)25-20(2,3)18-23-14(15(26)17(28)24-18)16(27)22-11-12-6-8-13(21)9-7-12/h6-9,26H,4-5,10-11H2,1-3H3,(H,22,27)(H,25,29)(H,23,24,28). The molecule has 0 aliphatic rings. The van der Waals surface area contributed by atoms with Gasteiger partial charge in [0.15, 0.2) is 11.5 Å². The number of alkyl carbamates (subject to hydrolysis) is 1. The number of aromatic nitrogens is 2. The second-order valence-corrected chi connectivity index (χ2v) is 7.12. The third kappa shape index (κ3) is 6.03. The number of ether oxygens (including phenoxy) is 1. The molecule has 4 N–H and O–H groups in total. The summed E-state index contributed by atoms with van der Waals surface area (Å²) in [6.45, 7) is 5.36. The number of benzene rings is 1. The van der Waals surface area contributed by atoms with Gasteiger partial charge in [-0.05, 0) is 38.0 Å². The Labute approximate surface area is 173 Å². The number of hydrogen-bond acceptors (Lipinski definition) is 7. The van der Waals surface area contributed by atoms with E-state index < -0.39 is 40.7 Å². The Kier molecular flexibility index (Phi) is 7.51. The average molecular weight is 420 g/mol. The van der Waals surface area contributed by atoms with Crippen molar-refractivity contribution < 1.29 is 28.9 Å². The minimum absolute atomic E-state index is 0.0457. The highest BCUT2D eigenvalue weighted by Gasteiger charge is 2.31. The number of carbonyl (C=O) groups excluding carboxylic acids is 2. The Hall–Kier alpha value is -3.43. The Morgan fingerprint density at radius 3 is 2.47 bits per heavy atom. The average Bonchev–Trinajstić information content (AvgIpc) is 2.69. The topological polar surface area (TPSA) is 134 Å². The molecule has 0 spiro atoms. The molecule has 0 aliphatic carbocycles. The smallest absolute Gasteiger partial charge is 0.407 e. The lowest BCUT2D eigenvalue weighted by molar-refractivity contribution is 0.0941. The second kappa shape index (κ2) is 9.86. The van der Waals surface area contributed by atoms with Gasteiger partial charge in [0.1, 0.15) is 5.82 Å². The van der Waals surface area contributed by atoms with Crippen molar-refractivity contribution in [3.63, 3.8) is 0 Å². The van der Waals surface area contributed by atoms with Gasteiger partial charge in [-0.15, -0.1) is 0 Å². The minimum atomic E-state index is -1.21. The maximum atomic E-state index is 13.0. The Morgan fingerprint density at radius 1 is 1.17 bits per heavy atom. The molecule has 0 bridgehead atoms. The predicted molar refractivity (Wildman–Crippen MR) is 105 cm³/mol. The van der Waals surface area contributed by atoms with Crippen LogP contribution in [0.15, 0.2) is 24.3 Å². The number of amides is 2. The molecule has 0 radical (unpaired) electrons. The third-order valence-electron chi connectivity index (χ3n) is 4.15. The van der Waals surface area contributed by atoms with Crippen molar-refractivity contribution in [2.24, 2.45) is 0 Å². The van der Waals surface area contributed by atoms with Crippen molar-refractivity contribution in [1.82, 2.24) is 20.6 Å². The molecular formula is C20H25FN4O5. The van der Waals surface area contributed by atoms with E-state index in [-0.39, 0.29) is 19.0 Å². The van der Waals surface area contributed by atoms with Crippen molar-refractivity contribution in [1.29, 1.82) is 0 Å². The van der Waals surface area contributed by atoms with Crippen LogP contribution in [0.5, 0.6) is 11.6 Å². The molecular weight excluding hydrogens is 395 g/mol. The molecule has 0 unspecified atom stereocenters. The summed E-state index contributed by atoms with van der Waals surface area (Å²) in [6, 6.07) is 5.49. The predicted octanol–water partition coefficient (Wildman–Crippen LogP) is 2.72. The first-order valence-corrected chi connectivity index (χ1v) is 9.42. The van der Waals surface area contributed by atoms with Gasteiger partial charge in [0.2, 0.25) is 5.75 Å². The molecule has 0 fully saturated rings. The Bertz CT molecular complexity index is 903. The summed E-state index contributed by atoms with van der Waals surface area (Å²) in [6.07, 6.45) is 0.872. The van der Waals surface area contributed by atoms with Gasteiger partial charge in [-0.3, -0.25) is 4.79 Å². The van der Waals surface area contributed by atoms with Gasteiger partial charge >= 0.3 is 6.09 Å². The lowest BCUT2D eigenvalue weighted by atomic mass is 10.0. The summed E-state index contributed by atoms with van der Waals surface area (Å²) >= 11 is 0. The van der Waals surface area contributed by atoms with E-state index in [1.165, 1.54) is 24.3 Å². The van der Waals surface area contributed by atoms with Gasteiger partial charge in [-0.25, -0.2) is 14.2 Å². The molecule has 0 atom stereocenters. The van der Waals surface area contributed by atoms with Crippen molar-refractivity contribution in [2.45, 2.75) is 45.7 Å². The number of carbonyl (C=O) groups is 2. The molecule has 1 aromatic heterocycles. The Balaban J connectivity index is 2.16. The molecule has 9 nitrogen and oxygen atoms in total. The van der Waals surface area contributed by atoms with Crippen LogP contribution in [0.2, 0.25) is 0 Å². The largest absolute Gasteiger partial charge is 0.501 e. The fourth-order valence-corrected chi connectivity index (χ4v) is 2.41. The van der Waals surface area contributed by atoms with Crippen molar-refractivity contribution >= 4 is 12.0 Å². The summed E-state index contributed by atoms with van der Waals surface area (Å²) in [4.78, 5) is 32.2. The van der Waals surface area contributed by atoms with Crippen LogP contribution >= 0.6 is 0 Å². The van der Waals surface area contributed by atoms with Crippen LogP contribution in [0.3, 0.4) is 0 Å². The number of nitrogens with one attached hydrogen (secondary N) is 2. The van der Waals surface area contributed by atoms with E-state index >= 15 is 0 Å². The molecule has 0 saturated heterocycles. The SMILES string of the molecule is CCCCOC(=O)NC(C)(C)c1nc(O)c(O)c(C(=O)NCc2ccc(F)cc2)n1. The second-order valence-electron chi connectivity index (χ2n) is 7.12. The normalized spacial score (nSPS) is 11.1. The molecule has 162 valence electrons. The minimum Gasteiger partial charge on any atom is -0.501 e. The fourth-order valence-electron chi connectivity index (χ4n) is 2.41. The zero-order valence-electron chi connectivity index (χ0n) is 17.0. The molecule has 2 amide bonds.